The number of aliphatic hydroxyl groups is 3. The van der Waals surface area contributed by atoms with Gasteiger partial charge in [0.15, 0.2) is 0 Å². The standard InChI is InChI=1S/C15H26O3/c1-13(2)8-9(13)11-14(3,12(17)10(8)16)6-5-7-15(11,4)18/h8-12,16-18H,5-7H2,1-4H3/t8-,9?,10+,11?,12+,14-,15+/m0/s1. The highest BCUT2D eigenvalue weighted by atomic mass is 16.3. The second-order valence-electron chi connectivity index (χ2n) is 8.00. The Hall–Kier alpha value is -0.120. The summed E-state index contributed by atoms with van der Waals surface area (Å²) in [6.45, 7) is 8.30. The van der Waals surface area contributed by atoms with E-state index in [1.807, 2.05) is 6.92 Å². The van der Waals surface area contributed by atoms with Crippen LogP contribution >= 0.6 is 0 Å². The van der Waals surface area contributed by atoms with E-state index in [1.54, 1.807) is 0 Å². The maximum absolute atomic E-state index is 10.8. The van der Waals surface area contributed by atoms with Gasteiger partial charge in [0.1, 0.15) is 0 Å². The van der Waals surface area contributed by atoms with Crippen molar-refractivity contribution in [1.82, 2.24) is 0 Å². The molecule has 3 rings (SSSR count). The second-order valence-corrected chi connectivity index (χ2v) is 8.00. The van der Waals surface area contributed by atoms with Gasteiger partial charge in [0, 0.05) is 5.41 Å². The van der Waals surface area contributed by atoms with Gasteiger partial charge in [-0.3, -0.25) is 0 Å². The van der Waals surface area contributed by atoms with Crippen LogP contribution in [0.15, 0.2) is 0 Å². The Morgan fingerprint density at radius 1 is 0.944 bits per heavy atom. The molecule has 2 unspecified atom stereocenters. The quantitative estimate of drug-likeness (QED) is 0.614. The van der Waals surface area contributed by atoms with Crippen LogP contribution in [0.25, 0.3) is 0 Å². The van der Waals surface area contributed by atoms with Crippen molar-refractivity contribution < 1.29 is 15.3 Å². The van der Waals surface area contributed by atoms with Gasteiger partial charge in [-0.15, -0.1) is 0 Å². The van der Waals surface area contributed by atoms with Crippen molar-refractivity contribution in [3.63, 3.8) is 0 Å². The Morgan fingerprint density at radius 3 is 2.17 bits per heavy atom. The molecule has 3 fully saturated rings. The van der Waals surface area contributed by atoms with Gasteiger partial charge in [0.05, 0.1) is 17.8 Å². The lowest BCUT2D eigenvalue weighted by molar-refractivity contribution is -0.196. The van der Waals surface area contributed by atoms with Gasteiger partial charge in [-0.2, -0.15) is 0 Å². The Labute approximate surface area is 109 Å². The number of hydrogen-bond acceptors (Lipinski definition) is 3. The van der Waals surface area contributed by atoms with Gasteiger partial charge in [-0.25, -0.2) is 0 Å². The fourth-order valence-corrected chi connectivity index (χ4v) is 5.57. The highest BCUT2D eigenvalue weighted by Crippen LogP contribution is 2.74. The summed E-state index contributed by atoms with van der Waals surface area (Å²) in [6.07, 6.45) is 1.33. The molecule has 104 valence electrons. The van der Waals surface area contributed by atoms with Crippen molar-refractivity contribution in [3.05, 3.63) is 0 Å². The van der Waals surface area contributed by atoms with Crippen LogP contribution < -0.4 is 0 Å². The van der Waals surface area contributed by atoms with Crippen molar-refractivity contribution >= 4 is 0 Å². The fourth-order valence-electron chi connectivity index (χ4n) is 5.57. The average molecular weight is 254 g/mol. The highest BCUT2D eigenvalue weighted by Gasteiger charge is 2.75. The first-order valence-corrected chi connectivity index (χ1v) is 7.22. The molecule has 0 radical (unpaired) electrons. The van der Waals surface area contributed by atoms with E-state index in [-0.39, 0.29) is 22.7 Å². The van der Waals surface area contributed by atoms with Crippen LogP contribution in [0.2, 0.25) is 0 Å². The van der Waals surface area contributed by atoms with Crippen molar-refractivity contribution in [2.45, 2.75) is 64.8 Å². The van der Waals surface area contributed by atoms with E-state index in [4.69, 9.17) is 0 Å². The SMILES string of the molecule is CC1(C)C2C3[C@](C)(CCC[C@@]3(C)O)[C@H](O)[C@H](O)[C@H]21. The molecule has 18 heavy (non-hydrogen) atoms. The Bertz CT molecular complexity index is 376. The van der Waals surface area contributed by atoms with E-state index in [1.165, 1.54) is 0 Å². The third kappa shape index (κ3) is 1.31. The van der Waals surface area contributed by atoms with Crippen molar-refractivity contribution in [2.24, 2.45) is 28.6 Å². The Morgan fingerprint density at radius 2 is 1.56 bits per heavy atom. The molecule has 3 nitrogen and oxygen atoms in total. The smallest absolute Gasteiger partial charge is 0.0859 e. The lowest BCUT2D eigenvalue weighted by atomic mass is 9.53. The molecule has 0 amide bonds. The molecule has 3 N–H and O–H groups in total. The zero-order valence-corrected chi connectivity index (χ0v) is 11.8. The monoisotopic (exact) mass is 254 g/mol. The van der Waals surface area contributed by atoms with E-state index in [0.717, 1.165) is 19.3 Å². The zero-order chi connectivity index (χ0) is 13.5. The zero-order valence-electron chi connectivity index (χ0n) is 11.8. The molecule has 3 heteroatoms. The lowest BCUT2D eigenvalue weighted by Crippen LogP contribution is -2.60. The highest BCUT2D eigenvalue weighted by molar-refractivity contribution is 5.23. The predicted molar refractivity (Wildman–Crippen MR) is 68.8 cm³/mol. The molecule has 7 atom stereocenters. The molecule has 0 saturated heterocycles. The molecule has 3 aliphatic carbocycles. The van der Waals surface area contributed by atoms with E-state index >= 15 is 0 Å². The van der Waals surface area contributed by atoms with E-state index < -0.39 is 17.8 Å². The van der Waals surface area contributed by atoms with Crippen LogP contribution in [0.3, 0.4) is 0 Å². The number of rotatable bonds is 0. The van der Waals surface area contributed by atoms with Gasteiger partial charge in [0.25, 0.3) is 0 Å². The van der Waals surface area contributed by atoms with Crippen LogP contribution in [0, 0.1) is 28.6 Å². The number of fused-ring (bicyclic) bond motifs is 3. The summed E-state index contributed by atoms with van der Waals surface area (Å²) in [6, 6.07) is 0. The van der Waals surface area contributed by atoms with Crippen molar-refractivity contribution in [3.8, 4) is 0 Å². The van der Waals surface area contributed by atoms with Crippen LogP contribution in [0.5, 0.6) is 0 Å². The molecular formula is C15H26O3. The summed E-state index contributed by atoms with van der Waals surface area (Å²) in [7, 11) is 0. The molecule has 3 aliphatic rings. The van der Waals surface area contributed by atoms with Gasteiger partial charge >= 0.3 is 0 Å². The second kappa shape index (κ2) is 3.31. The summed E-state index contributed by atoms with van der Waals surface area (Å²) < 4.78 is 0. The van der Waals surface area contributed by atoms with Crippen molar-refractivity contribution in [2.75, 3.05) is 0 Å². The Balaban J connectivity index is 2.06. The molecular weight excluding hydrogens is 228 g/mol. The molecule has 0 heterocycles. The normalized spacial score (nSPS) is 61.8. The number of hydrogen-bond donors (Lipinski definition) is 3. The molecule has 3 saturated carbocycles. The number of aliphatic hydroxyl groups excluding tert-OH is 2. The molecule has 0 aromatic carbocycles. The molecule has 0 aromatic rings. The lowest BCUT2D eigenvalue weighted by Gasteiger charge is -2.55. The third-order valence-electron chi connectivity index (χ3n) is 6.50. The topological polar surface area (TPSA) is 60.7 Å². The van der Waals surface area contributed by atoms with Gasteiger partial charge in [-0.05, 0) is 49.4 Å². The fraction of sp³-hybridized carbons (Fsp3) is 1.00. The minimum Gasteiger partial charge on any atom is -0.390 e. The van der Waals surface area contributed by atoms with Crippen LogP contribution in [-0.4, -0.2) is 33.1 Å². The molecule has 0 bridgehead atoms. The molecule has 0 aromatic heterocycles. The van der Waals surface area contributed by atoms with Gasteiger partial charge in [-0.1, -0.05) is 20.8 Å². The maximum atomic E-state index is 10.8. The minimum absolute atomic E-state index is 0.0458. The predicted octanol–water partition coefficient (Wildman–Crippen LogP) is 1.55. The summed E-state index contributed by atoms with van der Waals surface area (Å²) >= 11 is 0. The largest absolute Gasteiger partial charge is 0.390 e. The van der Waals surface area contributed by atoms with Crippen LogP contribution in [0.4, 0.5) is 0 Å². The first-order chi connectivity index (χ1) is 8.14. The Kier molecular flexibility index (Phi) is 2.37. The summed E-state index contributed by atoms with van der Waals surface area (Å²) in [5.74, 6) is 0.600. The van der Waals surface area contributed by atoms with E-state index in [9.17, 15) is 15.3 Å². The average Bonchev–Trinajstić information content (AvgIpc) is 2.77. The van der Waals surface area contributed by atoms with Gasteiger partial charge in [0.2, 0.25) is 0 Å². The van der Waals surface area contributed by atoms with Gasteiger partial charge < -0.3 is 15.3 Å². The van der Waals surface area contributed by atoms with Crippen molar-refractivity contribution in [1.29, 1.82) is 0 Å². The first-order valence-electron chi connectivity index (χ1n) is 7.22. The maximum Gasteiger partial charge on any atom is 0.0859 e. The van der Waals surface area contributed by atoms with E-state index in [2.05, 4.69) is 20.8 Å². The summed E-state index contributed by atoms with van der Waals surface area (Å²) in [4.78, 5) is 0. The molecule has 0 spiro atoms. The summed E-state index contributed by atoms with van der Waals surface area (Å²) in [5, 5.41) is 31.7. The van der Waals surface area contributed by atoms with E-state index in [0.29, 0.717) is 5.92 Å². The minimum atomic E-state index is -0.704. The van der Waals surface area contributed by atoms with Crippen LogP contribution in [-0.2, 0) is 0 Å². The van der Waals surface area contributed by atoms with Crippen LogP contribution in [0.1, 0.15) is 47.0 Å². The molecule has 0 aliphatic heterocycles. The third-order valence-corrected chi connectivity index (χ3v) is 6.50. The first kappa shape index (κ1) is 12.9. The summed E-state index contributed by atoms with van der Waals surface area (Å²) in [5.41, 5.74) is -0.995.